The van der Waals surface area contributed by atoms with Crippen LogP contribution < -0.4 is 10.0 Å². The largest absolute Gasteiger partial charge is 0.352 e. The lowest BCUT2D eigenvalue weighted by Gasteiger charge is -2.24. The molecule has 2 N–H and O–H groups in total. The Morgan fingerprint density at radius 1 is 1.18 bits per heavy atom. The predicted octanol–water partition coefficient (Wildman–Crippen LogP) is 2.28. The van der Waals surface area contributed by atoms with Crippen LogP contribution in [0.1, 0.15) is 58.3 Å². The number of sulfonamides is 1. The average Bonchev–Trinajstić information content (AvgIpc) is 2.46. The van der Waals surface area contributed by atoms with Crippen LogP contribution in [0, 0.1) is 0 Å². The van der Waals surface area contributed by atoms with Gasteiger partial charge in [-0.25, -0.2) is 13.1 Å². The van der Waals surface area contributed by atoms with E-state index in [4.69, 9.17) is 0 Å². The Morgan fingerprint density at radius 2 is 1.77 bits per heavy atom. The molecule has 0 aromatic carbocycles. The fourth-order valence-corrected chi connectivity index (χ4v) is 3.98. The summed E-state index contributed by atoms with van der Waals surface area (Å²) in [4.78, 5) is 12.5. The van der Waals surface area contributed by atoms with E-state index in [9.17, 15) is 13.2 Å². The second-order valence-electron chi connectivity index (χ2n) is 5.91. The van der Waals surface area contributed by atoms with Crippen molar-refractivity contribution in [3.63, 3.8) is 0 Å². The van der Waals surface area contributed by atoms with Gasteiger partial charge in [0.05, 0.1) is 5.75 Å². The topological polar surface area (TPSA) is 75.3 Å². The maximum absolute atomic E-state index is 12.5. The zero-order valence-electron chi connectivity index (χ0n) is 13.8. The van der Waals surface area contributed by atoms with Crippen LogP contribution in [0.2, 0.25) is 0 Å². The molecule has 0 heterocycles. The molecule has 0 aromatic rings. The fourth-order valence-electron chi connectivity index (χ4n) is 2.68. The zero-order valence-corrected chi connectivity index (χ0v) is 15.4. The summed E-state index contributed by atoms with van der Waals surface area (Å²) >= 11 is 1.62. The van der Waals surface area contributed by atoms with Crippen LogP contribution in [-0.2, 0) is 14.8 Å². The van der Waals surface area contributed by atoms with Gasteiger partial charge in [0.2, 0.25) is 15.9 Å². The van der Waals surface area contributed by atoms with E-state index in [-0.39, 0.29) is 17.7 Å². The van der Waals surface area contributed by atoms with Crippen molar-refractivity contribution in [1.82, 2.24) is 10.0 Å². The third-order valence-electron chi connectivity index (χ3n) is 4.08. The molecule has 0 aromatic heterocycles. The number of carbonyl (C=O) groups is 1. The smallest absolute Gasteiger partial charge is 0.238 e. The van der Waals surface area contributed by atoms with Crippen molar-refractivity contribution >= 4 is 27.7 Å². The molecule has 7 heteroatoms. The number of nitrogens with one attached hydrogen (secondary N) is 2. The second kappa shape index (κ2) is 10.5. The van der Waals surface area contributed by atoms with Gasteiger partial charge in [-0.05, 0) is 38.2 Å². The number of rotatable bonds is 8. The molecule has 1 aliphatic rings. The summed E-state index contributed by atoms with van der Waals surface area (Å²) in [6.07, 6.45) is 10.5. The molecule has 130 valence electrons. The predicted molar refractivity (Wildman–Crippen MR) is 93.6 cm³/mol. The van der Waals surface area contributed by atoms with E-state index in [1.54, 1.807) is 18.7 Å². The lowest BCUT2D eigenvalue weighted by atomic mass is 9.96. The Kier molecular flexibility index (Phi) is 9.43. The van der Waals surface area contributed by atoms with E-state index in [0.29, 0.717) is 6.42 Å². The molecule has 0 saturated heterocycles. The molecule has 0 spiro atoms. The Hall–Kier alpha value is -0.270. The number of hydrogen-bond donors (Lipinski definition) is 2. The van der Waals surface area contributed by atoms with Crippen LogP contribution in [0.25, 0.3) is 0 Å². The van der Waals surface area contributed by atoms with Crippen molar-refractivity contribution < 1.29 is 13.2 Å². The SMILES string of the molecule is CCS(=O)(=O)NC(CCSC)C(=O)NC1CCCCCCC1. The summed E-state index contributed by atoms with van der Waals surface area (Å²) in [6.45, 7) is 1.58. The third kappa shape index (κ3) is 7.83. The molecule has 1 rings (SSSR count). The molecule has 5 nitrogen and oxygen atoms in total. The first-order valence-corrected chi connectivity index (χ1v) is 11.3. The first kappa shape index (κ1) is 19.8. The van der Waals surface area contributed by atoms with Gasteiger partial charge in [-0.3, -0.25) is 4.79 Å². The summed E-state index contributed by atoms with van der Waals surface area (Å²) in [6, 6.07) is -0.460. The number of hydrogen-bond acceptors (Lipinski definition) is 4. The summed E-state index contributed by atoms with van der Waals surface area (Å²) in [5.74, 6) is 0.589. The molecule has 1 aliphatic carbocycles. The van der Waals surface area contributed by atoms with E-state index < -0.39 is 16.1 Å². The molecule has 22 heavy (non-hydrogen) atoms. The molecular formula is C15H30N2O3S2. The van der Waals surface area contributed by atoms with Crippen LogP contribution in [0.4, 0.5) is 0 Å². The summed E-state index contributed by atoms with van der Waals surface area (Å²) < 4.78 is 26.1. The van der Waals surface area contributed by atoms with E-state index in [1.165, 1.54) is 19.3 Å². The summed E-state index contributed by atoms with van der Waals surface area (Å²) in [5.41, 5.74) is 0. The monoisotopic (exact) mass is 350 g/mol. The molecule has 1 amide bonds. The Bertz CT molecular complexity index is 419. The van der Waals surface area contributed by atoms with Crippen molar-refractivity contribution in [3.8, 4) is 0 Å². The van der Waals surface area contributed by atoms with Crippen molar-refractivity contribution in [1.29, 1.82) is 0 Å². The maximum atomic E-state index is 12.5. The lowest BCUT2D eigenvalue weighted by Crippen LogP contribution is -2.50. The van der Waals surface area contributed by atoms with Gasteiger partial charge >= 0.3 is 0 Å². The van der Waals surface area contributed by atoms with Crippen LogP contribution in [-0.4, -0.2) is 44.2 Å². The highest BCUT2D eigenvalue weighted by atomic mass is 32.2. The standard InChI is InChI=1S/C15H30N2O3S2/c1-3-22(19,20)17-14(11-12-21-2)15(18)16-13-9-7-5-4-6-8-10-13/h13-14,17H,3-12H2,1-2H3,(H,16,18). The van der Waals surface area contributed by atoms with Crippen LogP contribution >= 0.6 is 11.8 Å². The van der Waals surface area contributed by atoms with Gasteiger partial charge in [0.15, 0.2) is 0 Å². The Morgan fingerprint density at radius 3 is 2.32 bits per heavy atom. The normalized spacial score (nSPS) is 19.2. The maximum Gasteiger partial charge on any atom is 0.238 e. The van der Waals surface area contributed by atoms with Crippen molar-refractivity contribution in [2.45, 2.75) is 70.4 Å². The van der Waals surface area contributed by atoms with Gasteiger partial charge in [-0.15, -0.1) is 0 Å². The molecule has 1 fully saturated rings. The zero-order chi connectivity index (χ0) is 16.4. The van der Waals surface area contributed by atoms with Crippen molar-refractivity contribution in [3.05, 3.63) is 0 Å². The summed E-state index contributed by atoms with van der Waals surface area (Å²) in [5, 5.41) is 3.07. The van der Waals surface area contributed by atoms with E-state index in [1.807, 2.05) is 6.26 Å². The van der Waals surface area contributed by atoms with Gasteiger partial charge in [-0.2, -0.15) is 11.8 Å². The number of carbonyl (C=O) groups excluding carboxylic acids is 1. The van der Waals surface area contributed by atoms with Crippen LogP contribution in [0.15, 0.2) is 0 Å². The highest BCUT2D eigenvalue weighted by Gasteiger charge is 2.25. The third-order valence-corrected chi connectivity index (χ3v) is 6.13. The Balaban J connectivity index is 2.60. The first-order valence-electron chi connectivity index (χ1n) is 8.28. The molecule has 0 aliphatic heterocycles. The minimum absolute atomic E-state index is 0.000519. The molecular weight excluding hydrogens is 320 g/mol. The fraction of sp³-hybridized carbons (Fsp3) is 0.933. The molecule has 0 radical (unpaired) electrons. The highest BCUT2D eigenvalue weighted by molar-refractivity contribution is 7.98. The van der Waals surface area contributed by atoms with Crippen LogP contribution in [0.3, 0.4) is 0 Å². The van der Waals surface area contributed by atoms with Gasteiger partial charge in [0.1, 0.15) is 6.04 Å². The van der Waals surface area contributed by atoms with Gasteiger partial charge < -0.3 is 5.32 Å². The van der Waals surface area contributed by atoms with Crippen molar-refractivity contribution in [2.24, 2.45) is 0 Å². The minimum Gasteiger partial charge on any atom is -0.352 e. The van der Waals surface area contributed by atoms with E-state index >= 15 is 0 Å². The highest BCUT2D eigenvalue weighted by Crippen LogP contribution is 2.17. The number of thioether (sulfide) groups is 1. The molecule has 1 atom stereocenters. The van der Waals surface area contributed by atoms with Crippen molar-refractivity contribution in [2.75, 3.05) is 17.8 Å². The quantitative estimate of drug-likeness (QED) is 0.704. The van der Waals surface area contributed by atoms with E-state index in [2.05, 4.69) is 10.0 Å². The van der Waals surface area contributed by atoms with Gasteiger partial charge in [-0.1, -0.05) is 32.1 Å². The first-order chi connectivity index (χ1) is 10.5. The number of amides is 1. The molecule has 1 unspecified atom stereocenters. The molecule has 1 saturated carbocycles. The average molecular weight is 351 g/mol. The lowest BCUT2D eigenvalue weighted by molar-refractivity contribution is -0.123. The van der Waals surface area contributed by atoms with Gasteiger partial charge in [0.25, 0.3) is 0 Å². The van der Waals surface area contributed by atoms with Crippen LogP contribution in [0.5, 0.6) is 0 Å². The van der Waals surface area contributed by atoms with Gasteiger partial charge in [0, 0.05) is 6.04 Å². The molecule has 0 bridgehead atoms. The second-order valence-corrected chi connectivity index (χ2v) is 8.93. The van der Waals surface area contributed by atoms with E-state index in [0.717, 1.165) is 31.4 Å². The minimum atomic E-state index is -3.37. The summed E-state index contributed by atoms with van der Waals surface area (Å²) in [7, 11) is -3.37. The Labute approximate surface area is 139 Å².